The highest BCUT2D eigenvalue weighted by molar-refractivity contribution is 5.50. The van der Waals surface area contributed by atoms with Crippen molar-refractivity contribution in [3.63, 3.8) is 0 Å². The van der Waals surface area contributed by atoms with E-state index in [9.17, 15) is 17.6 Å². The first-order chi connectivity index (χ1) is 17.7. The Labute approximate surface area is 215 Å². The molecule has 0 bridgehead atoms. The summed E-state index contributed by atoms with van der Waals surface area (Å²) < 4.78 is 67.1. The maximum atomic E-state index is 14.8. The van der Waals surface area contributed by atoms with Crippen LogP contribution in [0.2, 0.25) is 0 Å². The number of ether oxygens (including phenoxy) is 2. The van der Waals surface area contributed by atoms with Gasteiger partial charge in [-0.2, -0.15) is 13.2 Å². The molecular formula is C29H32F4N2O2. The van der Waals surface area contributed by atoms with Crippen molar-refractivity contribution in [2.75, 3.05) is 20.9 Å². The van der Waals surface area contributed by atoms with E-state index < -0.39 is 23.1 Å². The molecule has 3 aromatic carbocycles. The van der Waals surface area contributed by atoms with Gasteiger partial charge in [-0.1, -0.05) is 49.2 Å². The summed E-state index contributed by atoms with van der Waals surface area (Å²) in [5, 5.41) is 6.98. The first kappa shape index (κ1) is 26.9. The van der Waals surface area contributed by atoms with Gasteiger partial charge in [-0.3, -0.25) is 5.32 Å². The topological polar surface area (TPSA) is 42.5 Å². The van der Waals surface area contributed by atoms with E-state index in [0.29, 0.717) is 35.8 Å². The molecule has 0 amide bonds. The minimum Gasteiger partial charge on any atom is -0.493 e. The smallest absolute Gasteiger partial charge is 0.416 e. The first-order valence-electron chi connectivity index (χ1n) is 12.4. The second-order valence-electron chi connectivity index (χ2n) is 9.40. The summed E-state index contributed by atoms with van der Waals surface area (Å²) in [7, 11) is 3.01. The molecule has 0 aromatic heterocycles. The van der Waals surface area contributed by atoms with Gasteiger partial charge in [0.15, 0.2) is 11.5 Å². The van der Waals surface area contributed by atoms with Crippen LogP contribution in [0.4, 0.5) is 17.6 Å². The summed E-state index contributed by atoms with van der Waals surface area (Å²) in [4.78, 5) is 0. The van der Waals surface area contributed by atoms with Crippen LogP contribution in [-0.2, 0) is 18.1 Å². The third kappa shape index (κ3) is 6.25. The maximum Gasteiger partial charge on any atom is 0.416 e. The van der Waals surface area contributed by atoms with Crippen LogP contribution in [0, 0.1) is 5.82 Å². The molecule has 0 heterocycles. The maximum absolute atomic E-state index is 14.8. The Hall–Kier alpha value is -3.10. The number of rotatable bonds is 10. The summed E-state index contributed by atoms with van der Waals surface area (Å²) in [6.45, 7) is 0.323. The van der Waals surface area contributed by atoms with E-state index in [1.54, 1.807) is 18.2 Å². The lowest BCUT2D eigenvalue weighted by molar-refractivity contribution is -0.137. The summed E-state index contributed by atoms with van der Waals surface area (Å²) >= 11 is 0. The van der Waals surface area contributed by atoms with Gasteiger partial charge in [-0.25, -0.2) is 4.39 Å². The zero-order valence-corrected chi connectivity index (χ0v) is 21.0. The summed E-state index contributed by atoms with van der Waals surface area (Å²) in [6.07, 6.45) is -0.0576. The lowest BCUT2D eigenvalue weighted by atomic mass is 9.77. The Balaban J connectivity index is 1.90. The minimum atomic E-state index is -4.70. The summed E-state index contributed by atoms with van der Waals surface area (Å²) in [6, 6.07) is 17.7. The molecule has 0 saturated heterocycles. The monoisotopic (exact) mass is 516 g/mol. The fraction of sp³-hybridized carbons (Fsp3) is 0.379. The van der Waals surface area contributed by atoms with Gasteiger partial charge >= 0.3 is 6.18 Å². The van der Waals surface area contributed by atoms with Crippen LogP contribution in [0.15, 0.2) is 66.7 Å². The molecule has 4 nitrogen and oxygen atoms in total. The van der Waals surface area contributed by atoms with E-state index in [0.717, 1.165) is 37.3 Å². The lowest BCUT2D eigenvalue weighted by Crippen LogP contribution is -2.50. The van der Waals surface area contributed by atoms with Crippen LogP contribution in [0.5, 0.6) is 11.5 Å². The Morgan fingerprint density at radius 1 is 0.811 bits per heavy atom. The average Bonchev–Trinajstić information content (AvgIpc) is 3.41. The highest BCUT2D eigenvalue weighted by atomic mass is 19.4. The second-order valence-corrected chi connectivity index (χ2v) is 9.40. The molecule has 2 N–H and O–H groups in total. The fourth-order valence-corrected chi connectivity index (χ4v) is 5.12. The van der Waals surface area contributed by atoms with E-state index in [2.05, 4.69) is 10.6 Å². The molecule has 0 spiro atoms. The molecule has 1 saturated carbocycles. The van der Waals surface area contributed by atoms with E-state index in [-0.39, 0.29) is 12.0 Å². The molecule has 3 aromatic rings. The van der Waals surface area contributed by atoms with E-state index in [1.165, 1.54) is 20.3 Å². The zero-order chi connectivity index (χ0) is 26.5. The van der Waals surface area contributed by atoms with Crippen molar-refractivity contribution >= 4 is 0 Å². The van der Waals surface area contributed by atoms with E-state index >= 15 is 0 Å². The normalized spacial score (nSPS) is 15.9. The Bertz CT molecular complexity index is 1180. The number of alkyl halides is 3. The van der Waals surface area contributed by atoms with Gasteiger partial charge in [-0.15, -0.1) is 0 Å². The van der Waals surface area contributed by atoms with Crippen LogP contribution in [0.1, 0.15) is 47.9 Å². The van der Waals surface area contributed by atoms with Crippen molar-refractivity contribution in [3.8, 4) is 11.5 Å². The number of methoxy groups -OCH3 is 2. The molecule has 0 radical (unpaired) electrons. The average molecular weight is 517 g/mol. The van der Waals surface area contributed by atoms with Crippen molar-refractivity contribution in [1.82, 2.24) is 10.6 Å². The second kappa shape index (κ2) is 11.5. The van der Waals surface area contributed by atoms with Crippen LogP contribution in [-0.4, -0.2) is 26.9 Å². The largest absolute Gasteiger partial charge is 0.493 e. The minimum absolute atomic E-state index is 0.170. The molecule has 37 heavy (non-hydrogen) atoms. The predicted octanol–water partition coefficient (Wildman–Crippen LogP) is 6.43. The van der Waals surface area contributed by atoms with Gasteiger partial charge in [0.2, 0.25) is 0 Å². The standard InChI is InChI=1S/C29H32F4N2O2/c1-36-26-13-12-21(17-27(26)37-2)28(18-20-8-4-3-5-9-20,35-19-34-25-10-6-7-11-25)22-14-23(29(31,32)33)16-24(30)15-22/h3-5,8-9,12-17,25,34-35H,6-7,10-11,18-19H2,1-2H3. The predicted molar refractivity (Wildman–Crippen MR) is 135 cm³/mol. The molecule has 198 valence electrons. The summed E-state index contributed by atoms with van der Waals surface area (Å²) in [5.74, 6) is -0.0390. The molecule has 4 rings (SSSR count). The Kier molecular flexibility index (Phi) is 8.39. The van der Waals surface area contributed by atoms with Crippen LogP contribution in [0.3, 0.4) is 0 Å². The zero-order valence-electron chi connectivity index (χ0n) is 21.0. The number of hydrogen-bond donors (Lipinski definition) is 2. The molecule has 1 aliphatic rings. The first-order valence-corrected chi connectivity index (χ1v) is 12.4. The van der Waals surface area contributed by atoms with E-state index in [4.69, 9.17) is 9.47 Å². The van der Waals surface area contributed by atoms with Crippen LogP contribution < -0.4 is 20.1 Å². The number of nitrogens with one attached hydrogen (secondary N) is 2. The Morgan fingerprint density at radius 3 is 2.14 bits per heavy atom. The molecule has 1 unspecified atom stereocenters. The summed E-state index contributed by atoms with van der Waals surface area (Å²) in [5.41, 5.74) is -0.575. The van der Waals surface area contributed by atoms with Gasteiger partial charge in [0, 0.05) is 12.7 Å². The van der Waals surface area contributed by atoms with Gasteiger partial charge in [0.05, 0.1) is 25.3 Å². The van der Waals surface area contributed by atoms with Gasteiger partial charge < -0.3 is 14.8 Å². The molecule has 0 aliphatic heterocycles. The molecule has 8 heteroatoms. The SMILES string of the molecule is COc1ccc(C(Cc2ccccc2)(NCNC2CCCC2)c2cc(F)cc(C(F)(F)F)c2)cc1OC. The molecule has 1 fully saturated rings. The van der Waals surface area contributed by atoms with Crippen molar-refractivity contribution in [1.29, 1.82) is 0 Å². The van der Waals surface area contributed by atoms with Gasteiger partial charge in [0.1, 0.15) is 5.82 Å². The van der Waals surface area contributed by atoms with Crippen molar-refractivity contribution in [3.05, 3.63) is 94.8 Å². The molecular weight excluding hydrogens is 484 g/mol. The highest BCUT2D eigenvalue weighted by Gasteiger charge is 2.39. The third-order valence-electron chi connectivity index (χ3n) is 7.04. The Morgan fingerprint density at radius 2 is 1.49 bits per heavy atom. The van der Waals surface area contributed by atoms with E-state index in [1.807, 2.05) is 30.3 Å². The highest BCUT2D eigenvalue weighted by Crippen LogP contribution is 2.40. The van der Waals surface area contributed by atoms with Crippen LogP contribution >= 0.6 is 0 Å². The van der Waals surface area contributed by atoms with Crippen molar-refractivity contribution < 1.29 is 27.0 Å². The van der Waals surface area contributed by atoms with Crippen molar-refractivity contribution in [2.45, 2.75) is 49.9 Å². The third-order valence-corrected chi connectivity index (χ3v) is 7.04. The van der Waals surface area contributed by atoms with Crippen LogP contribution in [0.25, 0.3) is 0 Å². The molecule has 1 atom stereocenters. The molecule has 1 aliphatic carbocycles. The number of hydrogen-bond acceptors (Lipinski definition) is 4. The van der Waals surface area contributed by atoms with Crippen molar-refractivity contribution in [2.24, 2.45) is 0 Å². The van der Waals surface area contributed by atoms with Gasteiger partial charge in [-0.05, 0) is 66.3 Å². The quantitative estimate of drug-likeness (QED) is 0.241. The number of benzene rings is 3. The fourth-order valence-electron chi connectivity index (χ4n) is 5.12. The lowest BCUT2D eigenvalue weighted by Gasteiger charge is -2.38. The number of halogens is 4. The van der Waals surface area contributed by atoms with Gasteiger partial charge in [0.25, 0.3) is 0 Å².